The van der Waals surface area contributed by atoms with Gasteiger partial charge in [0, 0.05) is 42.7 Å². The average Bonchev–Trinajstić information content (AvgIpc) is 3.06. The molecule has 2 aromatic rings. The number of benzene rings is 1. The summed E-state index contributed by atoms with van der Waals surface area (Å²) in [5.74, 6) is -0.0778. The monoisotopic (exact) mass is 468 g/mol. The van der Waals surface area contributed by atoms with Crippen molar-refractivity contribution in [2.45, 2.75) is 45.8 Å². The van der Waals surface area contributed by atoms with E-state index in [9.17, 15) is 14.4 Å². The summed E-state index contributed by atoms with van der Waals surface area (Å²) in [6, 6.07) is 3.97. The fourth-order valence-electron chi connectivity index (χ4n) is 4.28. The summed E-state index contributed by atoms with van der Waals surface area (Å²) >= 11 is 5.41. The smallest absolute Gasteiger partial charge is 0.304 e. The Bertz CT molecular complexity index is 1040. The predicted octanol–water partition coefficient (Wildman–Crippen LogP) is 2.82. The lowest BCUT2D eigenvalue weighted by Crippen LogP contribution is -2.45. The highest BCUT2D eigenvalue weighted by Crippen LogP contribution is 2.36. The molecule has 0 N–H and O–H groups in total. The van der Waals surface area contributed by atoms with Crippen LogP contribution in [-0.2, 0) is 9.59 Å². The van der Waals surface area contributed by atoms with Crippen LogP contribution in [0.4, 0.5) is 0 Å². The zero-order chi connectivity index (χ0) is 22.3. The number of ether oxygens (including phenoxy) is 1. The molecule has 31 heavy (non-hydrogen) atoms. The maximum absolute atomic E-state index is 12.9. The largest absolute Gasteiger partial charge is 0.489 e. The van der Waals surface area contributed by atoms with Gasteiger partial charge in [0.15, 0.2) is 5.76 Å². The Morgan fingerprint density at radius 3 is 2.61 bits per heavy atom. The fraction of sp³-hybridized carbons (Fsp3) is 0.500. The SMILES string of the molecule is Cc1c(C(=O)N2CC[SH4]C(=O)C2=O)oc2cc(OC3CCN(C(C)C)CC3)c(Cl)cc12. The standard InChI is InChI=1S/C22H29ClN2O5S/c1-12(2)24-6-4-14(5-7-24)29-18-11-17-15(10-16(18)23)13(3)19(30-17)20(26)25-8-9-31-22(28)21(25)27/h10-12,14H,4-9H2,1-3H3,31H4. The Hall–Kier alpha value is -2.03. The second-order valence-electron chi connectivity index (χ2n) is 8.57. The molecular weight excluding hydrogens is 440 g/mol. The van der Waals surface area contributed by atoms with Crippen molar-refractivity contribution in [3.05, 3.63) is 28.5 Å². The summed E-state index contributed by atoms with van der Waals surface area (Å²) < 4.78 is 12.0. The molecule has 0 atom stereocenters. The van der Waals surface area contributed by atoms with Gasteiger partial charge in [0.1, 0.15) is 17.4 Å². The third-order valence-electron chi connectivity index (χ3n) is 6.20. The van der Waals surface area contributed by atoms with Crippen molar-refractivity contribution >= 4 is 51.3 Å². The fourth-order valence-corrected chi connectivity index (χ4v) is 5.69. The third kappa shape index (κ3) is 4.33. The van der Waals surface area contributed by atoms with E-state index in [1.807, 2.05) is 0 Å². The van der Waals surface area contributed by atoms with Crippen LogP contribution in [0.15, 0.2) is 16.5 Å². The van der Waals surface area contributed by atoms with Gasteiger partial charge < -0.3 is 14.1 Å². The molecule has 9 heteroatoms. The molecule has 4 rings (SSSR count). The molecule has 0 saturated carbocycles. The van der Waals surface area contributed by atoms with Crippen molar-refractivity contribution in [2.75, 3.05) is 25.4 Å². The minimum absolute atomic E-state index is 0.0678. The molecule has 2 amide bonds. The number of amides is 2. The second-order valence-corrected chi connectivity index (χ2v) is 10.8. The normalized spacial score (nSPS) is 19.2. The van der Waals surface area contributed by atoms with E-state index in [0.29, 0.717) is 39.1 Å². The molecule has 2 aliphatic rings. The van der Waals surface area contributed by atoms with Gasteiger partial charge in [-0.1, -0.05) is 11.6 Å². The van der Waals surface area contributed by atoms with Crippen LogP contribution in [0.5, 0.6) is 5.75 Å². The summed E-state index contributed by atoms with van der Waals surface area (Å²) in [6.07, 6.45) is 1.91. The summed E-state index contributed by atoms with van der Waals surface area (Å²) in [6.45, 7) is 8.37. The number of aryl methyl sites for hydroxylation is 1. The van der Waals surface area contributed by atoms with Gasteiger partial charge in [0.05, 0.1) is 5.02 Å². The van der Waals surface area contributed by atoms with Gasteiger partial charge in [-0.2, -0.15) is 0 Å². The first kappa shape index (κ1) is 22.2. The molecule has 0 unspecified atom stereocenters. The molecule has 0 aliphatic carbocycles. The Labute approximate surface area is 190 Å². The van der Waals surface area contributed by atoms with Crippen LogP contribution in [0.1, 0.15) is 42.8 Å². The molecule has 2 saturated heterocycles. The molecule has 1 aromatic heterocycles. The number of carbonyl (C=O) groups excluding carboxylic acids is 3. The van der Waals surface area contributed by atoms with Crippen molar-refractivity contribution < 1.29 is 23.5 Å². The highest BCUT2D eigenvalue weighted by atomic mass is 35.5. The zero-order valence-corrected chi connectivity index (χ0v) is 20.2. The summed E-state index contributed by atoms with van der Waals surface area (Å²) in [5, 5.41) is 0.744. The number of rotatable bonds is 4. The molecule has 0 bridgehead atoms. The number of furan rings is 1. The number of hydrogen-bond donors (Lipinski definition) is 0. The van der Waals surface area contributed by atoms with Gasteiger partial charge in [-0.25, -0.2) is 11.8 Å². The van der Waals surface area contributed by atoms with E-state index in [0.717, 1.165) is 30.8 Å². The van der Waals surface area contributed by atoms with Gasteiger partial charge in [-0.3, -0.25) is 19.3 Å². The van der Waals surface area contributed by atoms with E-state index in [2.05, 4.69) is 18.7 Å². The van der Waals surface area contributed by atoms with Crippen LogP contribution in [-0.4, -0.2) is 64.3 Å². The van der Waals surface area contributed by atoms with Crippen LogP contribution in [0, 0.1) is 6.92 Å². The number of carbonyl (C=O) groups is 3. The number of halogens is 1. The van der Waals surface area contributed by atoms with Crippen molar-refractivity contribution in [1.82, 2.24) is 9.80 Å². The topological polar surface area (TPSA) is 80.1 Å². The van der Waals surface area contributed by atoms with E-state index in [1.165, 1.54) is 0 Å². The number of fused-ring (bicyclic) bond motifs is 1. The molecule has 0 spiro atoms. The van der Waals surface area contributed by atoms with Crippen molar-refractivity contribution in [2.24, 2.45) is 0 Å². The van der Waals surface area contributed by atoms with Gasteiger partial charge in [0.2, 0.25) is 5.12 Å². The third-order valence-corrected chi connectivity index (χ3v) is 7.92. The van der Waals surface area contributed by atoms with E-state index >= 15 is 0 Å². The van der Waals surface area contributed by atoms with Gasteiger partial charge >= 0.3 is 5.91 Å². The number of likely N-dealkylation sites (tertiary alicyclic amines) is 1. The van der Waals surface area contributed by atoms with Gasteiger partial charge in [-0.05, 0) is 45.4 Å². The minimum Gasteiger partial charge on any atom is -0.489 e. The Balaban J connectivity index is 1.56. The maximum Gasteiger partial charge on any atom is 0.304 e. The van der Waals surface area contributed by atoms with Gasteiger partial charge in [0.25, 0.3) is 5.91 Å². The molecule has 170 valence electrons. The van der Waals surface area contributed by atoms with E-state index in [1.54, 1.807) is 19.1 Å². The summed E-state index contributed by atoms with van der Waals surface area (Å²) in [5.41, 5.74) is 1.08. The first-order chi connectivity index (χ1) is 14.8. The lowest BCUT2D eigenvalue weighted by atomic mass is 10.1. The Morgan fingerprint density at radius 1 is 1.23 bits per heavy atom. The zero-order valence-electron chi connectivity index (χ0n) is 18.1. The first-order valence-electron chi connectivity index (χ1n) is 10.8. The minimum atomic E-state index is -1.07. The highest BCUT2D eigenvalue weighted by Gasteiger charge is 2.33. The predicted molar refractivity (Wildman–Crippen MR) is 125 cm³/mol. The Kier molecular flexibility index (Phi) is 6.32. The van der Waals surface area contributed by atoms with Crippen LogP contribution < -0.4 is 4.74 Å². The molecule has 2 fully saturated rings. The quantitative estimate of drug-likeness (QED) is 0.507. The lowest BCUT2D eigenvalue weighted by molar-refractivity contribution is -0.138. The van der Waals surface area contributed by atoms with Crippen LogP contribution in [0.2, 0.25) is 5.02 Å². The molecule has 2 aliphatic heterocycles. The lowest BCUT2D eigenvalue weighted by Gasteiger charge is -2.34. The van der Waals surface area contributed by atoms with Crippen LogP contribution in [0.3, 0.4) is 0 Å². The van der Waals surface area contributed by atoms with Crippen LogP contribution >= 0.6 is 23.4 Å². The molecule has 7 nitrogen and oxygen atoms in total. The summed E-state index contributed by atoms with van der Waals surface area (Å²) in [7, 11) is 0. The maximum atomic E-state index is 12.9. The Morgan fingerprint density at radius 2 is 1.94 bits per heavy atom. The molecular formula is C22H29ClN2O5S. The first-order valence-corrected chi connectivity index (χ1v) is 12.9. The van der Waals surface area contributed by atoms with Crippen molar-refractivity contribution in [3.63, 3.8) is 0 Å². The molecule has 3 heterocycles. The van der Waals surface area contributed by atoms with Crippen LogP contribution in [0.25, 0.3) is 11.0 Å². The van der Waals surface area contributed by atoms with Crippen molar-refractivity contribution in [3.8, 4) is 5.75 Å². The van der Waals surface area contributed by atoms with Crippen molar-refractivity contribution in [1.29, 1.82) is 0 Å². The van der Waals surface area contributed by atoms with E-state index in [4.69, 9.17) is 20.8 Å². The summed E-state index contributed by atoms with van der Waals surface area (Å²) in [4.78, 5) is 40.3. The van der Waals surface area contributed by atoms with Gasteiger partial charge in [-0.15, -0.1) is 0 Å². The van der Waals surface area contributed by atoms with E-state index in [-0.39, 0.29) is 18.4 Å². The van der Waals surface area contributed by atoms with E-state index < -0.39 is 28.7 Å². The second kappa shape index (κ2) is 8.84. The number of imide groups is 1. The number of hydrogen-bond acceptors (Lipinski definition) is 6. The average molecular weight is 469 g/mol. The molecule has 0 radical (unpaired) electrons. The highest BCUT2D eigenvalue weighted by molar-refractivity contribution is 8.15. The molecule has 1 aromatic carbocycles. The number of piperidine rings is 1. The number of nitrogens with zero attached hydrogens (tertiary/aromatic N) is 2.